The van der Waals surface area contributed by atoms with Gasteiger partial charge in [0.05, 0.1) is 18.4 Å². The first kappa shape index (κ1) is 14.6. The molecule has 0 saturated carbocycles. The van der Waals surface area contributed by atoms with Crippen LogP contribution in [0, 0.1) is 0 Å². The fourth-order valence-electron chi connectivity index (χ4n) is 2.84. The second kappa shape index (κ2) is 6.22. The highest BCUT2D eigenvalue weighted by atomic mass is 35.5. The summed E-state index contributed by atoms with van der Waals surface area (Å²) in [6.45, 7) is 1.20. The average molecular weight is 322 g/mol. The zero-order chi connectivity index (χ0) is 14.8. The van der Waals surface area contributed by atoms with Gasteiger partial charge < -0.3 is 5.73 Å². The number of fused-ring (bicyclic) bond motifs is 1. The molecule has 2 aromatic rings. The number of allylic oxidation sites excluding steroid dienone is 1. The molecule has 5 heteroatoms. The molecule has 1 heterocycles. The first-order valence-electron chi connectivity index (χ1n) is 7.07. The maximum absolute atomic E-state index is 6.27. The van der Waals surface area contributed by atoms with Crippen LogP contribution in [-0.2, 0) is 13.0 Å². The Morgan fingerprint density at radius 3 is 2.90 bits per heavy atom. The number of aromatic nitrogens is 2. The lowest BCUT2D eigenvalue weighted by atomic mass is 9.92. The second-order valence-corrected chi connectivity index (χ2v) is 6.07. The molecule has 2 N–H and O–H groups in total. The van der Waals surface area contributed by atoms with E-state index in [1.807, 2.05) is 23.0 Å². The second-order valence-electron chi connectivity index (χ2n) is 5.23. The predicted octanol–water partition coefficient (Wildman–Crippen LogP) is 3.92. The van der Waals surface area contributed by atoms with Crippen LogP contribution in [0.3, 0.4) is 0 Å². The average Bonchev–Trinajstić information content (AvgIpc) is 2.87. The number of halogens is 2. The van der Waals surface area contributed by atoms with E-state index in [4.69, 9.17) is 28.9 Å². The van der Waals surface area contributed by atoms with Crippen molar-refractivity contribution >= 4 is 28.8 Å². The highest BCUT2D eigenvalue weighted by Crippen LogP contribution is 2.31. The summed E-state index contributed by atoms with van der Waals surface area (Å²) >= 11 is 12.2. The molecule has 1 aliphatic rings. The number of rotatable bonds is 3. The highest BCUT2D eigenvalue weighted by Gasteiger charge is 2.19. The van der Waals surface area contributed by atoms with Gasteiger partial charge in [-0.05, 0) is 48.1 Å². The summed E-state index contributed by atoms with van der Waals surface area (Å²) in [5.41, 5.74) is 10.5. The number of nitrogens with two attached hydrogens (primary N) is 1. The molecule has 0 saturated heterocycles. The molecule has 1 aromatic heterocycles. The molecule has 3 nitrogen and oxygen atoms in total. The lowest BCUT2D eigenvalue weighted by Crippen LogP contribution is -2.11. The number of nitrogens with zero attached hydrogens (tertiary/aromatic N) is 2. The normalized spacial score (nSPS) is 16.2. The Hall–Kier alpha value is -1.29. The van der Waals surface area contributed by atoms with E-state index in [1.54, 1.807) is 6.07 Å². The van der Waals surface area contributed by atoms with Crippen molar-refractivity contribution < 1.29 is 0 Å². The van der Waals surface area contributed by atoms with Gasteiger partial charge in [0, 0.05) is 16.6 Å². The molecule has 0 amide bonds. The van der Waals surface area contributed by atoms with Crippen LogP contribution in [0.15, 0.2) is 30.5 Å². The Bertz CT molecular complexity index is 689. The molecule has 1 aromatic carbocycles. The van der Waals surface area contributed by atoms with Crippen molar-refractivity contribution in [3.63, 3.8) is 0 Å². The van der Waals surface area contributed by atoms with Crippen LogP contribution < -0.4 is 5.73 Å². The van der Waals surface area contributed by atoms with E-state index in [2.05, 4.69) is 11.2 Å². The fraction of sp³-hybridized carbons (Fsp3) is 0.312. The Morgan fingerprint density at radius 2 is 2.14 bits per heavy atom. The van der Waals surface area contributed by atoms with E-state index in [9.17, 15) is 0 Å². The minimum Gasteiger partial charge on any atom is -0.327 e. The van der Waals surface area contributed by atoms with E-state index < -0.39 is 0 Å². The van der Waals surface area contributed by atoms with Crippen LogP contribution in [-0.4, -0.2) is 16.3 Å². The summed E-state index contributed by atoms with van der Waals surface area (Å²) in [7, 11) is 0. The predicted molar refractivity (Wildman–Crippen MR) is 87.8 cm³/mol. The van der Waals surface area contributed by atoms with Crippen molar-refractivity contribution in [3.8, 4) is 0 Å². The lowest BCUT2D eigenvalue weighted by Gasteiger charge is -2.18. The summed E-state index contributed by atoms with van der Waals surface area (Å²) in [6, 6.07) is 5.58. The van der Waals surface area contributed by atoms with Gasteiger partial charge in [-0.3, -0.25) is 4.68 Å². The number of hydrogen-bond acceptors (Lipinski definition) is 2. The molecule has 0 fully saturated rings. The molecule has 0 atom stereocenters. The van der Waals surface area contributed by atoms with Gasteiger partial charge in [0.15, 0.2) is 0 Å². The summed E-state index contributed by atoms with van der Waals surface area (Å²) < 4.78 is 2.02. The monoisotopic (exact) mass is 321 g/mol. The molecule has 21 heavy (non-hydrogen) atoms. The molecule has 3 rings (SSSR count). The number of aryl methyl sites for hydroxylation is 1. The molecule has 0 unspecified atom stereocenters. The molecule has 0 radical (unpaired) electrons. The molecule has 0 bridgehead atoms. The molecule has 110 valence electrons. The summed E-state index contributed by atoms with van der Waals surface area (Å²) in [5, 5.41) is 5.85. The SMILES string of the molecule is NC/C=C1\CCCc2cnn(Cc3ccc(Cl)cc3Cl)c21. The topological polar surface area (TPSA) is 43.8 Å². The van der Waals surface area contributed by atoms with Gasteiger partial charge in [-0.25, -0.2) is 0 Å². The van der Waals surface area contributed by atoms with Gasteiger partial charge in [0.1, 0.15) is 0 Å². The van der Waals surface area contributed by atoms with Gasteiger partial charge in [-0.2, -0.15) is 5.10 Å². The van der Waals surface area contributed by atoms with Crippen LogP contribution >= 0.6 is 23.2 Å². The van der Waals surface area contributed by atoms with Gasteiger partial charge in [0.25, 0.3) is 0 Å². The van der Waals surface area contributed by atoms with Crippen LogP contribution in [0.25, 0.3) is 5.57 Å². The first-order chi connectivity index (χ1) is 10.2. The van der Waals surface area contributed by atoms with Crippen LogP contribution in [0.4, 0.5) is 0 Å². The van der Waals surface area contributed by atoms with Gasteiger partial charge in [-0.15, -0.1) is 0 Å². The van der Waals surface area contributed by atoms with E-state index in [0.29, 0.717) is 23.1 Å². The van der Waals surface area contributed by atoms with Crippen molar-refractivity contribution in [2.45, 2.75) is 25.8 Å². The maximum atomic E-state index is 6.27. The lowest BCUT2D eigenvalue weighted by molar-refractivity contribution is 0.666. The van der Waals surface area contributed by atoms with Crippen molar-refractivity contribution in [2.75, 3.05) is 6.54 Å². The van der Waals surface area contributed by atoms with E-state index in [1.165, 1.54) is 16.8 Å². The molecule has 0 aliphatic heterocycles. The maximum Gasteiger partial charge on any atom is 0.0681 e. The Morgan fingerprint density at radius 1 is 1.29 bits per heavy atom. The van der Waals surface area contributed by atoms with Gasteiger partial charge in [-0.1, -0.05) is 35.3 Å². The smallest absolute Gasteiger partial charge is 0.0681 e. The Labute approximate surface area is 134 Å². The molecule has 1 aliphatic carbocycles. The van der Waals surface area contributed by atoms with Crippen molar-refractivity contribution in [1.82, 2.24) is 9.78 Å². The first-order valence-corrected chi connectivity index (χ1v) is 7.82. The zero-order valence-corrected chi connectivity index (χ0v) is 13.2. The number of hydrogen-bond donors (Lipinski definition) is 1. The van der Waals surface area contributed by atoms with Crippen molar-refractivity contribution in [2.24, 2.45) is 5.73 Å². The third-order valence-electron chi connectivity index (χ3n) is 3.81. The molecule has 0 spiro atoms. The number of benzene rings is 1. The fourth-order valence-corrected chi connectivity index (χ4v) is 3.31. The third-order valence-corrected chi connectivity index (χ3v) is 4.40. The molecular formula is C16H17Cl2N3. The van der Waals surface area contributed by atoms with Crippen molar-refractivity contribution in [3.05, 3.63) is 57.3 Å². The summed E-state index contributed by atoms with van der Waals surface area (Å²) in [4.78, 5) is 0. The van der Waals surface area contributed by atoms with Crippen LogP contribution in [0.1, 0.15) is 29.7 Å². The van der Waals surface area contributed by atoms with Crippen LogP contribution in [0.5, 0.6) is 0 Å². The largest absolute Gasteiger partial charge is 0.327 e. The Balaban J connectivity index is 1.97. The zero-order valence-electron chi connectivity index (χ0n) is 11.6. The third kappa shape index (κ3) is 3.00. The highest BCUT2D eigenvalue weighted by molar-refractivity contribution is 6.35. The van der Waals surface area contributed by atoms with E-state index >= 15 is 0 Å². The Kier molecular flexibility index (Phi) is 4.34. The summed E-state index contributed by atoms with van der Waals surface area (Å²) in [5.74, 6) is 0. The minimum atomic E-state index is 0.557. The molecular weight excluding hydrogens is 305 g/mol. The standard InChI is InChI=1S/C16H17Cl2N3/c17-14-5-4-13(15(18)8-14)10-21-16-11(6-7-19)2-1-3-12(16)9-20-21/h4-6,8-9H,1-3,7,10,19H2/b11-6+. The van der Waals surface area contributed by atoms with E-state index in [0.717, 1.165) is 24.8 Å². The quantitative estimate of drug-likeness (QED) is 0.931. The van der Waals surface area contributed by atoms with Crippen LogP contribution in [0.2, 0.25) is 10.0 Å². The minimum absolute atomic E-state index is 0.557. The van der Waals surface area contributed by atoms with Gasteiger partial charge >= 0.3 is 0 Å². The summed E-state index contributed by atoms with van der Waals surface area (Å²) in [6.07, 6.45) is 7.35. The van der Waals surface area contributed by atoms with E-state index in [-0.39, 0.29) is 0 Å². The van der Waals surface area contributed by atoms with Crippen molar-refractivity contribution in [1.29, 1.82) is 0 Å². The van der Waals surface area contributed by atoms with Gasteiger partial charge in [0.2, 0.25) is 0 Å².